The average molecular weight is 326 g/mol. The fraction of sp³-hybridized carbons (Fsp3) is 1.00. The molecule has 0 saturated carbocycles. The second-order valence-electron chi connectivity index (χ2n) is 2.05. The Hall–Kier alpha value is 0.803. The van der Waals surface area contributed by atoms with Crippen molar-refractivity contribution >= 4 is 0 Å². The average Bonchev–Trinajstić information content (AvgIpc) is 1.90. The van der Waals surface area contributed by atoms with Crippen molar-refractivity contribution in [3.05, 3.63) is 0 Å². The van der Waals surface area contributed by atoms with Crippen LogP contribution in [-0.2, 0) is 4.74 Å². The fourth-order valence-corrected chi connectivity index (χ4v) is 0.917. The van der Waals surface area contributed by atoms with Crippen molar-refractivity contribution in [2.24, 2.45) is 0 Å². The summed E-state index contributed by atoms with van der Waals surface area (Å²) >= 11 is 0. The number of nitrogens with zero attached hydrogens (tertiary/aromatic N) is 1. The number of ether oxygens (including phenoxy) is 1. The van der Waals surface area contributed by atoms with E-state index in [0.717, 1.165) is 26.3 Å². The zero-order chi connectivity index (χ0) is 5.82. The van der Waals surface area contributed by atoms with Crippen LogP contribution in [0.15, 0.2) is 0 Å². The summed E-state index contributed by atoms with van der Waals surface area (Å²) in [4.78, 5) is 2.39. The van der Waals surface area contributed by atoms with Gasteiger partial charge in [-0.2, -0.15) is 0 Å². The van der Waals surface area contributed by atoms with Crippen LogP contribution in [0, 0.1) is 26.2 Å². The Balaban J connectivity index is 0.000000640. The number of likely N-dealkylation sites (N-methyl/N-ethyl adjacent to an activating group) is 1. The Morgan fingerprint density at radius 3 is 2.22 bits per heavy atom. The number of morpholine rings is 1. The number of hydrogen-bond donors (Lipinski definition) is 0. The van der Waals surface area contributed by atoms with E-state index in [1.54, 1.807) is 0 Å². The summed E-state index contributed by atoms with van der Waals surface area (Å²) < 4.78 is 5.16. The summed E-state index contributed by atoms with van der Waals surface area (Å²) in [5, 5.41) is 0. The van der Waals surface area contributed by atoms with Gasteiger partial charge < -0.3 is 4.74 Å². The van der Waals surface area contributed by atoms with Gasteiger partial charge in [0.2, 0.25) is 0 Å². The minimum absolute atomic E-state index is 0. The normalized spacial score (nSPS) is 21.0. The van der Waals surface area contributed by atoms with E-state index in [2.05, 4.69) is 11.8 Å². The molecule has 1 fully saturated rings. The summed E-state index contributed by atoms with van der Waals surface area (Å²) in [6.07, 6.45) is 0. The molecule has 1 aliphatic heterocycles. The van der Waals surface area contributed by atoms with Crippen molar-refractivity contribution in [3.63, 3.8) is 0 Å². The zero-order valence-electron chi connectivity index (χ0n) is 5.80. The van der Waals surface area contributed by atoms with E-state index in [0.29, 0.717) is 0 Å². The molecule has 9 heavy (non-hydrogen) atoms. The van der Waals surface area contributed by atoms with Gasteiger partial charge in [-0.05, 0) is 6.54 Å². The van der Waals surface area contributed by atoms with Crippen LogP contribution in [0.2, 0.25) is 0 Å². The predicted molar refractivity (Wildman–Crippen MR) is 34.3 cm³/mol. The second kappa shape index (κ2) is 5.58. The molecule has 0 aliphatic carbocycles. The topological polar surface area (TPSA) is 12.5 Å². The van der Waals surface area contributed by atoms with Gasteiger partial charge >= 0.3 is 26.2 Å². The van der Waals surface area contributed by atoms with Gasteiger partial charge in [0.25, 0.3) is 0 Å². The van der Waals surface area contributed by atoms with Crippen LogP contribution in [0.3, 0.4) is 0 Å². The SMILES string of the molecule is CCN1CCOCC1.[AtH]. The van der Waals surface area contributed by atoms with Crippen LogP contribution in [0.5, 0.6) is 0 Å². The van der Waals surface area contributed by atoms with Crippen LogP contribution in [-0.4, -0.2) is 37.7 Å². The van der Waals surface area contributed by atoms with E-state index in [4.69, 9.17) is 4.74 Å². The first-order chi connectivity index (χ1) is 3.93. The molecule has 0 aromatic carbocycles. The van der Waals surface area contributed by atoms with Crippen LogP contribution >= 0.6 is 0 Å². The molecule has 0 atom stereocenters. The van der Waals surface area contributed by atoms with Crippen molar-refractivity contribution in [3.8, 4) is 0 Å². The first-order valence-electron chi connectivity index (χ1n) is 3.23. The van der Waals surface area contributed by atoms with Gasteiger partial charge in [-0.15, -0.1) is 0 Å². The molecule has 0 amide bonds. The molecule has 0 spiro atoms. The van der Waals surface area contributed by atoms with E-state index in [-0.39, 0.29) is 26.2 Å². The third kappa shape index (κ3) is 3.49. The van der Waals surface area contributed by atoms with Crippen LogP contribution in [0.25, 0.3) is 0 Å². The quantitative estimate of drug-likeness (QED) is 0.676. The maximum atomic E-state index is 5.16. The fourth-order valence-electron chi connectivity index (χ4n) is 0.917. The first kappa shape index (κ1) is 9.80. The Labute approximate surface area is 75.7 Å². The van der Waals surface area contributed by atoms with Crippen LogP contribution in [0.4, 0.5) is 0 Å². The molecule has 0 aromatic heterocycles. The van der Waals surface area contributed by atoms with Gasteiger partial charge in [-0.1, -0.05) is 6.92 Å². The monoisotopic (exact) mass is 326 g/mol. The second-order valence-corrected chi connectivity index (χ2v) is 2.05. The van der Waals surface area contributed by atoms with Gasteiger partial charge in [0.05, 0.1) is 13.2 Å². The van der Waals surface area contributed by atoms with Gasteiger partial charge in [-0.25, -0.2) is 0 Å². The van der Waals surface area contributed by atoms with Crippen LogP contribution in [0.1, 0.15) is 6.92 Å². The molecule has 1 saturated heterocycles. The summed E-state index contributed by atoms with van der Waals surface area (Å²) in [6, 6.07) is 0. The Bertz CT molecular complexity index is 64.1. The Morgan fingerprint density at radius 2 is 1.89 bits per heavy atom. The third-order valence-electron chi connectivity index (χ3n) is 1.55. The predicted octanol–water partition coefficient (Wildman–Crippen LogP) is 0.0708. The zero-order valence-corrected chi connectivity index (χ0v) is 8.97. The summed E-state index contributed by atoms with van der Waals surface area (Å²) in [5.74, 6) is 0. The van der Waals surface area contributed by atoms with Gasteiger partial charge in [0.15, 0.2) is 0 Å². The molecule has 0 unspecified atom stereocenters. The summed E-state index contributed by atoms with van der Waals surface area (Å²) in [6.45, 7) is 7.45. The van der Waals surface area contributed by atoms with Gasteiger partial charge in [0.1, 0.15) is 0 Å². The van der Waals surface area contributed by atoms with Gasteiger partial charge in [0, 0.05) is 13.1 Å². The maximum absolute atomic E-state index is 5.16. The third-order valence-corrected chi connectivity index (χ3v) is 1.55. The molecule has 3 heteroatoms. The molecule has 56 valence electrons. The van der Waals surface area contributed by atoms with E-state index in [1.165, 1.54) is 6.54 Å². The molecule has 2 nitrogen and oxygen atoms in total. The molecule has 0 N–H and O–H groups in total. The Kier molecular flexibility index (Phi) is 6.08. The van der Waals surface area contributed by atoms with Crippen molar-refractivity contribution in [2.75, 3.05) is 32.8 Å². The minimum atomic E-state index is 0. The van der Waals surface area contributed by atoms with Crippen molar-refractivity contribution in [1.29, 1.82) is 0 Å². The summed E-state index contributed by atoms with van der Waals surface area (Å²) in [5.41, 5.74) is 0. The molecular formula is C6H14AtNO. The van der Waals surface area contributed by atoms with E-state index >= 15 is 0 Å². The number of rotatable bonds is 1. The van der Waals surface area contributed by atoms with Crippen molar-refractivity contribution in [1.82, 2.24) is 4.90 Å². The van der Waals surface area contributed by atoms with Crippen molar-refractivity contribution in [2.45, 2.75) is 6.92 Å². The molecular weight excluding hydrogens is 312 g/mol. The van der Waals surface area contributed by atoms with E-state index in [9.17, 15) is 0 Å². The molecule has 1 rings (SSSR count). The summed E-state index contributed by atoms with van der Waals surface area (Å²) in [7, 11) is 0. The van der Waals surface area contributed by atoms with E-state index < -0.39 is 0 Å². The molecule has 0 aromatic rings. The molecule has 0 bridgehead atoms. The molecule has 1 aliphatic rings. The van der Waals surface area contributed by atoms with Crippen molar-refractivity contribution < 1.29 is 30.9 Å². The number of hydrogen-bond acceptors (Lipinski definition) is 2. The standard InChI is InChI=1S/C6H13NO.AtH/c1-2-7-3-5-8-6-4-7;/h2-6H2,1H3;1H. The Morgan fingerprint density at radius 1 is 1.33 bits per heavy atom. The molecule has 1 heterocycles. The van der Waals surface area contributed by atoms with Gasteiger partial charge in [-0.3, -0.25) is 4.90 Å². The van der Waals surface area contributed by atoms with Crippen LogP contribution < -0.4 is 0 Å². The van der Waals surface area contributed by atoms with E-state index in [1.807, 2.05) is 0 Å². The molecule has 0 radical (unpaired) electrons. The first-order valence-corrected chi connectivity index (χ1v) is 3.23.